The molecule has 0 aliphatic rings. The van der Waals surface area contributed by atoms with E-state index in [-0.39, 0.29) is 24.3 Å². The van der Waals surface area contributed by atoms with Crippen LogP contribution in [-0.2, 0) is 4.79 Å². The zero-order valence-corrected chi connectivity index (χ0v) is 15.1. The van der Waals surface area contributed by atoms with E-state index in [1.807, 2.05) is 61.7 Å². The molecule has 0 aliphatic carbocycles. The number of nitrogens with zero attached hydrogens (tertiary/aromatic N) is 1. The van der Waals surface area contributed by atoms with Crippen LogP contribution < -0.4 is 10.6 Å². The lowest BCUT2D eigenvalue weighted by molar-refractivity contribution is -0.123. The van der Waals surface area contributed by atoms with E-state index in [1.165, 1.54) is 11.3 Å². The second-order valence-corrected chi connectivity index (χ2v) is 7.01. The van der Waals surface area contributed by atoms with Crippen LogP contribution in [0.3, 0.4) is 0 Å². The number of thiophene rings is 1. The molecule has 2 N–H and O–H groups in total. The third kappa shape index (κ3) is 5.44. The minimum absolute atomic E-state index is 0.0690. The topological polar surface area (TPSA) is 82.0 Å². The van der Waals surface area contributed by atoms with Gasteiger partial charge < -0.3 is 10.6 Å². The van der Waals surface area contributed by atoms with Crippen molar-refractivity contribution in [1.29, 1.82) is 5.26 Å². The van der Waals surface area contributed by atoms with Crippen molar-refractivity contribution in [3.8, 4) is 17.2 Å². The first-order valence-electron chi connectivity index (χ1n) is 8.10. The van der Waals surface area contributed by atoms with Gasteiger partial charge in [0, 0.05) is 0 Å². The minimum atomic E-state index is -0.650. The average Bonchev–Trinajstić information content (AvgIpc) is 3.09. The number of carbonyl (C=O) groups is 2. The van der Waals surface area contributed by atoms with Gasteiger partial charge in [0.1, 0.15) is 12.6 Å². The van der Waals surface area contributed by atoms with Gasteiger partial charge in [-0.1, -0.05) is 44.2 Å². The minimum Gasteiger partial charge on any atom is -0.341 e. The predicted octanol–water partition coefficient (Wildman–Crippen LogP) is 3.20. The predicted molar refractivity (Wildman–Crippen MR) is 99.1 cm³/mol. The van der Waals surface area contributed by atoms with Crippen LogP contribution in [0.4, 0.5) is 0 Å². The molecule has 0 radical (unpaired) electrons. The van der Waals surface area contributed by atoms with Gasteiger partial charge >= 0.3 is 0 Å². The Hall–Kier alpha value is -2.65. The van der Waals surface area contributed by atoms with Crippen molar-refractivity contribution in [2.45, 2.75) is 26.3 Å². The highest BCUT2D eigenvalue weighted by Crippen LogP contribution is 2.25. The Morgan fingerprint density at radius 1 is 1.20 bits per heavy atom. The largest absolute Gasteiger partial charge is 0.341 e. The summed E-state index contributed by atoms with van der Waals surface area (Å²) in [6, 6.07) is 12.9. The summed E-state index contributed by atoms with van der Waals surface area (Å²) in [6.07, 6.45) is 0.514. The van der Waals surface area contributed by atoms with E-state index in [0.29, 0.717) is 11.3 Å². The summed E-state index contributed by atoms with van der Waals surface area (Å²) in [5.74, 6) is -0.366. The zero-order chi connectivity index (χ0) is 18.2. The Labute approximate surface area is 151 Å². The van der Waals surface area contributed by atoms with Gasteiger partial charge in [-0.15, -0.1) is 11.3 Å². The molecule has 25 heavy (non-hydrogen) atoms. The fourth-order valence-corrected chi connectivity index (χ4v) is 3.24. The average molecular weight is 355 g/mol. The highest BCUT2D eigenvalue weighted by atomic mass is 32.1. The molecule has 0 aliphatic heterocycles. The SMILES string of the molecule is CC(C)C[C@H](NC(=O)c1cc(-c2ccccc2)cs1)C(=O)NCC#N. The normalized spacial score (nSPS) is 11.6. The zero-order valence-electron chi connectivity index (χ0n) is 14.3. The van der Waals surface area contributed by atoms with Gasteiger partial charge in [-0.3, -0.25) is 9.59 Å². The molecule has 2 aromatic rings. The van der Waals surface area contributed by atoms with E-state index in [4.69, 9.17) is 5.26 Å². The van der Waals surface area contributed by atoms with Gasteiger partial charge in [0.15, 0.2) is 0 Å². The maximum atomic E-state index is 12.5. The van der Waals surface area contributed by atoms with Gasteiger partial charge in [-0.05, 0) is 34.9 Å². The molecule has 2 rings (SSSR count). The van der Waals surface area contributed by atoms with Crippen LogP contribution in [0.1, 0.15) is 29.9 Å². The summed E-state index contributed by atoms with van der Waals surface area (Å²) in [6.45, 7) is 3.89. The first-order chi connectivity index (χ1) is 12.0. The summed E-state index contributed by atoms with van der Waals surface area (Å²) < 4.78 is 0. The molecule has 1 aromatic carbocycles. The molecule has 0 bridgehead atoms. The molecule has 1 atom stereocenters. The molecular formula is C19H21N3O2S. The number of rotatable bonds is 7. The molecule has 0 saturated carbocycles. The Balaban J connectivity index is 2.09. The lowest BCUT2D eigenvalue weighted by Crippen LogP contribution is -2.47. The van der Waals surface area contributed by atoms with Crippen LogP contribution in [0.5, 0.6) is 0 Å². The fraction of sp³-hybridized carbons (Fsp3) is 0.316. The van der Waals surface area contributed by atoms with E-state index in [0.717, 1.165) is 11.1 Å². The third-order valence-corrected chi connectivity index (χ3v) is 4.53. The summed E-state index contributed by atoms with van der Waals surface area (Å²) in [4.78, 5) is 25.2. The number of hydrogen-bond donors (Lipinski definition) is 2. The third-order valence-electron chi connectivity index (χ3n) is 3.60. The summed E-state index contributed by atoms with van der Waals surface area (Å²) in [5.41, 5.74) is 2.02. The molecule has 1 heterocycles. The number of amides is 2. The molecule has 1 aromatic heterocycles. The summed E-state index contributed by atoms with van der Waals surface area (Å²) in [7, 11) is 0. The highest BCUT2D eigenvalue weighted by Gasteiger charge is 2.23. The van der Waals surface area contributed by atoms with Crippen LogP contribution in [0.15, 0.2) is 41.8 Å². The first-order valence-corrected chi connectivity index (χ1v) is 8.98. The molecular weight excluding hydrogens is 334 g/mol. The monoisotopic (exact) mass is 355 g/mol. The van der Waals surface area contributed by atoms with E-state index in [9.17, 15) is 9.59 Å². The molecule has 0 unspecified atom stereocenters. The van der Waals surface area contributed by atoms with Gasteiger partial charge in [0.05, 0.1) is 10.9 Å². The fourth-order valence-electron chi connectivity index (χ4n) is 2.42. The lowest BCUT2D eigenvalue weighted by atomic mass is 10.0. The number of nitriles is 1. The Morgan fingerprint density at radius 2 is 1.92 bits per heavy atom. The molecule has 0 fully saturated rings. The molecule has 2 amide bonds. The van der Waals surface area contributed by atoms with Crippen molar-refractivity contribution >= 4 is 23.2 Å². The Morgan fingerprint density at radius 3 is 2.56 bits per heavy atom. The van der Waals surface area contributed by atoms with Gasteiger partial charge in [0.25, 0.3) is 5.91 Å². The van der Waals surface area contributed by atoms with Crippen molar-refractivity contribution in [2.24, 2.45) is 5.92 Å². The van der Waals surface area contributed by atoms with Gasteiger partial charge in [-0.2, -0.15) is 5.26 Å². The molecule has 0 spiro atoms. The van der Waals surface area contributed by atoms with Crippen LogP contribution >= 0.6 is 11.3 Å². The maximum absolute atomic E-state index is 12.5. The van der Waals surface area contributed by atoms with Crippen molar-refractivity contribution in [2.75, 3.05) is 6.54 Å². The van der Waals surface area contributed by atoms with Crippen molar-refractivity contribution < 1.29 is 9.59 Å². The van der Waals surface area contributed by atoms with Gasteiger partial charge in [-0.25, -0.2) is 0 Å². The molecule has 5 nitrogen and oxygen atoms in total. The summed E-state index contributed by atoms with van der Waals surface area (Å²) in [5, 5.41) is 15.8. The van der Waals surface area contributed by atoms with Gasteiger partial charge in [0.2, 0.25) is 5.91 Å². The molecule has 0 saturated heterocycles. The number of carbonyl (C=O) groups excluding carboxylic acids is 2. The molecule has 6 heteroatoms. The van der Waals surface area contributed by atoms with Crippen LogP contribution in [0.2, 0.25) is 0 Å². The first kappa shape index (κ1) is 18.7. The van der Waals surface area contributed by atoms with Crippen LogP contribution in [0.25, 0.3) is 11.1 Å². The van der Waals surface area contributed by atoms with Crippen LogP contribution in [-0.4, -0.2) is 24.4 Å². The lowest BCUT2D eigenvalue weighted by Gasteiger charge is -2.19. The van der Waals surface area contributed by atoms with E-state index in [2.05, 4.69) is 10.6 Å². The highest BCUT2D eigenvalue weighted by molar-refractivity contribution is 7.12. The standard InChI is InChI=1S/C19H21N3O2S/c1-13(2)10-16(18(23)21-9-8-20)22-19(24)17-11-15(12-25-17)14-6-4-3-5-7-14/h3-7,11-13,16H,9-10H2,1-2H3,(H,21,23)(H,22,24)/t16-/m0/s1. The molecule has 130 valence electrons. The second kappa shape index (κ2) is 9.00. The number of nitrogens with one attached hydrogen (secondary N) is 2. The van der Waals surface area contributed by atoms with E-state index < -0.39 is 6.04 Å². The second-order valence-electron chi connectivity index (χ2n) is 6.10. The van der Waals surface area contributed by atoms with Crippen LogP contribution in [0, 0.1) is 17.2 Å². The van der Waals surface area contributed by atoms with Crippen molar-refractivity contribution in [3.05, 3.63) is 46.7 Å². The number of benzene rings is 1. The van der Waals surface area contributed by atoms with Crippen molar-refractivity contribution in [1.82, 2.24) is 10.6 Å². The Kier molecular flexibility index (Phi) is 6.72. The van der Waals surface area contributed by atoms with E-state index in [1.54, 1.807) is 0 Å². The van der Waals surface area contributed by atoms with E-state index >= 15 is 0 Å². The van der Waals surface area contributed by atoms with Crippen molar-refractivity contribution in [3.63, 3.8) is 0 Å². The Bertz CT molecular complexity index is 762. The quantitative estimate of drug-likeness (QED) is 0.748. The number of hydrogen-bond acceptors (Lipinski definition) is 4. The maximum Gasteiger partial charge on any atom is 0.262 e. The summed E-state index contributed by atoms with van der Waals surface area (Å²) >= 11 is 1.35. The smallest absolute Gasteiger partial charge is 0.262 e.